The Morgan fingerprint density at radius 1 is 1.67 bits per heavy atom. The Morgan fingerprint density at radius 3 is 2.93 bits per heavy atom. The smallest absolute Gasteiger partial charge is 0.258 e. The van der Waals surface area contributed by atoms with E-state index in [1.165, 1.54) is 17.8 Å². The van der Waals surface area contributed by atoms with E-state index in [9.17, 15) is 10.1 Å². The third-order valence-corrected chi connectivity index (χ3v) is 2.70. The Kier molecular flexibility index (Phi) is 3.89. The number of para-hydroxylation sites is 1. The molecule has 0 aliphatic rings. The molecule has 1 aromatic rings. The van der Waals surface area contributed by atoms with Crippen LogP contribution in [0.4, 0.5) is 5.69 Å². The predicted molar refractivity (Wildman–Crippen MR) is 58.7 cm³/mol. The fourth-order valence-corrected chi connectivity index (χ4v) is 1.86. The molecule has 1 aromatic carbocycles. The van der Waals surface area contributed by atoms with Gasteiger partial charge in [0.2, 0.25) is 0 Å². The Bertz CT molecular complexity index is 438. The van der Waals surface area contributed by atoms with Crippen LogP contribution >= 0.6 is 11.8 Å². The number of benzene rings is 1. The van der Waals surface area contributed by atoms with Crippen molar-refractivity contribution in [3.63, 3.8) is 0 Å². The average Bonchev–Trinajstić information content (AvgIpc) is 2.25. The maximum atomic E-state index is 10.8. The fraction of sp³-hybridized carbons (Fsp3) is 0.100. The summed E-state index contributed by atoms with van der Waals surface area (Å²) in [4.78, 5) is 10.8. The number of hydrogen-bond acceptors (Lipinski definition) is 4. The third kappa shape index (κ3) is 2.58. The molecule has 4 nitrogen and oxygen atoms in total. The molecule has 0 atom stereocenters. The van der Waals surface area contributed by atoms with E-state index < -0.39 is 4.92 Å². The van der Waals surface area contributed by atoms with Gasteiger partial charge in [0.1, 0.15) is 11.6 Å². The minimum atomic E-state index is -0.524. The molecular formula is C10H8N2O2S. The van der Waals surface area contributed by atoms with E-state index in [4.69, 9.17) is 5.26 Å². The van der Waals surface area contributed by atoms with Crippen LogP contribution in [0.2, 0.25) is 0 Å². The molecule has 5 heteroatoms. The lowest BCUT2D eigenvalue weighted by Crippen LogP contribution is -1.94. The summed E-state index contributed by atoms with van der Waals surface area (Å²) in [6.45, 7) is 3.54. The molecule has 1 rings (SSSR count). The summed E-state index contributed by atoms with van der Waals surface area (Å²) in [6.07, 6.45) is 1.66. The van der Waals surface area contributed by atoms with Crippen molar-refractivity contribution in [3.8, 4) is 6.07 Å². The quantitative estimate of drug-likeness (QED) is 0.338. The summed E-state index contributed by atoms with van der Waals surface area (Å²) in [5.74, 6) is 0.579. The number of hydrogen-bond donors (Lipinski definition) is 0. The van der Waals surface area contributed by atoms with Gasteiger partial charge >= 0.3 is 5.69 Å². The number of nitro benzene ring substituents is 1. The first-order valence-corrected chi connectivity index (χ1v) is 5.10. The lowest BCUT2D eigenvalue weighted by molar-refractivity contribution is -0.388. The Hall–Kier alpha value is -1.80. The first-order valence-electron chi connectivity index (χ1n) is 4.12. The highest BCUT2D eigenvalue weighted by Gasteiger charge is 2.18. The minimum absolute atomic E-state index is 0.0917. The zero-order chi connectivity index (χ0) is 11.3. The van der Waals surface area contributed by atoms with Gasteiger partial charge in [-0.25, -0.2) is 0 Å². The molecule has 0 amide bonds. The van der Waals surface area contributed by atoms with Gasteiger partial charge < -0.3 is 0 Å². The van der Waals surface area contributed by atoms with E-state index in [2.05, 4.69) is 6.58 Å². The van der Waals surface area contributed by atoms with E-state index in [0.717, 1.165) is 0 Å². The third-order valence-electron chi connectivity index (χ3n) is 1.66. The molecular weight excluding hydrogens is 212 g/mol. The monoisotopic (exact) mass is 220 g/mol. The Morgan fingerprint density at radius 2 is 2.40 bits per heavy atom. The van der Waals surface area contributed by atoms with Gasteiger partial charge in [0.25, 0.3) is 0 Å². The van der Waals surface area contributed by atoms with Crippen molar-refractivity contribution in [1.29, 1.82) is 5.26 Å². The van der Waals surface area contributed by atoms with E-state index in [1.54, 1.807) is 18.2 Å². The molecule has 0 radical (unpaired) electrons. The van der Waals surface area contributed by atoms with Crippen molar-refractivity contribution < 1.29 is 4.92 Å². The number of nitro groups is 1. The van der Waals surface area contributed by atoms with Crippen LogP contribution in [0.3, 0.4) is 0 Å². The van der Waals surface area contributed by atoms with Crippen molar-refractivity contribution in [2.24, 2.45) is 0 Å². The molecule has 0 fully saturated rings. The first kappa shape index (κ1) is 11.3. The zero-order valence-corrected chi connectivity index (χ0v) is 8.66. The lowest BCUT2D eigenvalue weighted by atomic mass is 10.2. The molecule has 0 aliphatic carbocycles. The average molecular weight is 220 g/mol. The Balaban J connectivity index is 3.20. The van der Waals surface area contributed by atoms with Gasteiger partial charge in [-0.1, -0.05) is 12.1 Å². The van der Waals surface area contributed by atoms with Crippen molar-refractivity contribution in [3.05, 3.63) is 46.5 Å². The number of thioether (sulfide) groups is 1. The number of nitriles is 1. The van der Waals surface area contributed by atoms with E-state index >= 15 is 0 Å². The van der Waals surface area contributed by atoms with E-state index in [0.29, 0.717) is 10.6 Å². The van der Waals surface area contributed by atoms with Crippen molar-refractivity contribution in [2.45, 2.75) is 4.90 Å². The van der Waals surface area contributed by atoms with Crippen LogP contribution in [0.1, 0.15) is 5.56 Å². The number of rotatable bonds is 4. The van der Waals surface area contributed by atoms with E-state index in [1.807, 2.05) is 6.07 Å². The molecule has 0 saturated carbocycles. The molecule has 0 aromatic heterocycles. The molecule has 0 heterocycles. The molecule has 15 heavy (non-hydrogen) atoms. The summed E-state index contributed by atoms with van der Waals surface area (Å²) in [5.41, 5.74) is -0.0269. The highest BCUT2D eigenvalue weighted by atomic mass is 32.2. The fourth-order valence-electron chi connectivity index (χ4n) is 1.07. The van der Waals surface area contributed by atoms with Crippen LogP contribution in [0.15, 0.2) is 35.7 Å². The number of nitrogens with zero attached hydrogens (tertiary/aromatic N) is 2. The minimum Gasteiger partial charge on any atom is -0.258 e. The lowest BCUT2D eigenvalue weighted by Gasteiger charge is -2.01. The van der Waals surface area contributed by atoms with Crippen molar-refractivity contribution in [1.82, 2.24) is 0 Å². The second kappa shape index (κ2) is 5.17. The molecule has 0 saturated heterocycles. The van der Waals surface area contributed by atoms with Crippen LogP contribution in [0.25, 0.3) is 0 Å². The zero-order valence-electron chi connectivity index (χ0n) is 7.84. The van der Waals surface area contributed by atoms with Gasteiger partial charge in [-0.2, -0.15) is 5.26 Å². The van der Waals surface area contributed by atoms with Gasteiger partial charge in [-0.3, -0.25) is 10.1 Å². The molecule has 76 valence electrons. The van der Waals surface area contributed by atoms with Gasteiger partial charge in [-0.15, -0.1) is 18.3 Å². The van der Waals surface area contributed by atoms with E-state index in [-0.39, 0.29) is 11.3 Å². The summed E-state index contributed by atoms with van der Waals surface area (Å²) in [7, 11) is 0. The van der Waals surface area contributed by atoms with Gasteiger partial charge in [0.15, 0.2) is 0 Å². The molecule has 0 unspecified atom stereocenters. The highest BCUT2D eigenvalue weighted by Crippen LogP contribution is 2.31. The van der Waals surface area contributed by atoms with Crippen LogP contribution in [-0.2, 0) is 0 Å². The molecule has 0 spiro atoms. The second-order valence-corrected chi connectivity index (χ2v) is 3.68. The summed E-state index contributed by atoms with van der Waals surface area (Å²) >= 11 is 1.29. The van der Waals surface area contributed by atoms with Gasteiger partial charge in [-0.05, 0) is 12.1 Å². The summed E-state index contributed by atoms with van der Waals surface area (Å²) in [6, 6.07) is 6.52. The van der Waals surface area contributed by atoms with Crippen molar-refractivity contribution >= 4 is 17.4 Å². The maximum Gasteiger partial charge on any atom is 0.300 e. The van der Waals surface area contributed by atoms with Gasteiger partial charge in [0, 0.05) is 5.75 Å². The normalized spacial score (nSPS) is 9.27. The van der Waals surface area contributed by atoms with Crippen LogP contribution < -0.4 is 0 Å². The van der Waals surface area contributed by atoms with Crippen LogP contribution in [0, 0.1) is 21.4 Å². The second-order valence-electron chi connectivity index (χ2n) is 2.62. The van der Waals surface area contributed by atoms with Crippen LogP contribution in [-0.4, -0.2) is 10.7 Å². The summed E-state index contributed by atoms with van der Waals surface area (Å²) in [5, 5.41) is 19.5. The summed E-state index contributed by atoms with van der Waals surface area (Å²) < 4.78 is 0. The molecule has 0 N–H and O–H groups in total. The van der Waals surface area contributed by atoms with Gasteiger partial charge in [0.05, 0.1) is 9.82 Å². The molecule has 0 bridgehead atoms. The first-order chi connectivity index (χ1) is 7.20. The largest absolute Gasteiger partial charge is 0.300 e. The SMILES string of the molecule is C=CCSc1cccc(C#N)c1[N+](=O)[O-]. The Labute approximate surface area is 91.4 Å². The van der Waals surface area contributed by atoms with Crippen molar-refractivity contribution in [2.75, 3.05) is 5.75 Å². The molecule has 0 aliphatic heterocycles. The maximum absolute atomic E-state index is 10.8. The highest BCUT2D eigenvalue weighted by molar-refractivity contribution is 7.99. The standard InChI is InChI=1S/C10H8N2O2S/c1-2-6-15-9-5-3-4-8(7-11)10(9)12(13)14/h2-5H,1,6H2. The van der Waals surface area contributed by atoms with Crippen LogP contribution in [0.5, 0.6) is 0 Å². The topological polar surface area (TPSA) is 66.9 Å². The predicted octanol–water partition coefficient (Wildman–Crippen LogP) is 2.74.